The average molecular weight is 359 g/mol. The first-order chi connectivity index (χ1) is 11.2. The van der Waals surface area contributed by atoms with Gasteiger partial charge in [-0.2, -0.15) is 0 Å². The van der Waals surface area contributed by atoms with Crippen LogP contribution in [0.15, 0.2) is 24.3 Å². The molecule has 0 saturated carbocycles. The van der Waals surface area contributed by atoms with Crippen molar-refractivity contribution < 1.29 is 19.0 Å². The maximum atomic E-state index is 12.6. The highest BCUT2D eigenvalue weighted by molar-refractivity contribution is 5.97. The van der Waals surface area contributed by atoms with Crippen molar-refractivity contribution >= 4 is 24.0 Å². The van der Waals surface area contributed by atoms with Gasteiger partial charge in [0, 0.05) is 39.0 Å². The smallest absolute Gasteiger partial charge is 0.256 e. The predicted molar refractivity (Wildman–Crippen MR) is 96.2 cm³/mol. The number of carbonyl (C=O) groups excluding carboxylic acids is 1. The lowest BCUT2D eigenvalue weighted by molar-refractivity contribution is -0.140. The fourth-order valence-electron chi connectivity index (χ4n) is 2.66. The average Bonchev–Trinajstić information content (AvgIpc) is 2.59. The summed E-state index contributed by atoms with van der Waals surface area (Å²) >= 11 is 0. The zero-order chi connectivity index (χ0) is 16.5. The van der Waals surface area contributed by atoms with E-state index in [0.717, 1.165) is 25.3 Å². The van der Waals surface area contributed by atoms with E-state index >= 15 is 0 Å². The second-order valence-corrected chi connectivity index (χ2v) is 5.63. The summed E-state index contributed by atoms with van der Waals surface area (Å²) < 4.78 is 16.2. The number of piperidine rings is 1. The second kappa shape index (κ2) is 10.5. The summed E-state index contributed by atoms with van der Waals surface area (Å²) in [5, 5.41) is 6.19. The molecule has 136 valence electrons. The summed E-state index contributed by atoms with van der Waals surface area (Å²) in [5.41, 5.74) is -0.0326. The molecule has 7 heteroatoms. The van der Waals surface area contributed by atoms with Crippen LogP contribution in [0.2, 0.25) is 0 Å². The minimum absolute atomic E-state index is 0. The molecule has 24 heavy (non-hydrogen) atoms. The van der Waals surface area contributed by atoms with Crippen molar-refractivity contribution in [3.63, 3.8) is 0 Å². The molecule has 0 radical (unpaired) electrons. The number of anilines is 1. The van der Waals surface area contributed by atoms with Gasteiger partial charge in [-0.25, -0.2) is 0 Å². The standard InChI is InChI=1S/C17H26N2O4.ClH/c1-21-11-4-12-23-15-6-3-5-14(13-15)19-16(20)17(22-2)7-9-18-10-8-17;/h3,5-6,13,18H,4,7-12H2,1-2H3,(H,19,20);1H. The Hall–Kier alpha value is -1.34. The number of hydrogen-bond donors (Lipinski definition) is 2. The Labute approximate surface area is 149 Å². The highest BCUT2D eigenvalue weighted by atomic mass is 35.5. The van der Waals surface area contributed by atoms with Crippen LogP contribution in [0, 0.1) is 0 Å². The van der Waals surface area contributed by atoms with Crippen LogP contribution in [-0.4, -0.2) is 52.0 Å². The number of nitrogens with one attached hydrogen (secondary N) is 2. The lowest BCUT2D eigenvalue weighted by atomic mass is 9.91. The van der Waals surface area contributed by atoms with Crippen LogP contribution in [0.25, 0.3) is 0 Å². The van der Waals surface area contributed by atoms with Gasteiger partial charge in [-0.15, -0.1) is 12.4 Å². The molecular formula is C17H27ClN2O4. The molecule has 6 nitrogen and oxygen atoms in total. The molecule has 1 amide bonds. The molecule has 2 rings (SSSR count). The van der Waals surface area contributed by atoms with Crippen molar-refractivity contribution in [1.29, 1.82) is 0 Å². The molecule has 0 spiro atoms. The third-order valence-electron chi connectivity index (χ3n) is 4.07. The van der Waals surface area contributed by atoms with Crippen molar-refractivity contribution in [2.45, 2.75) is 24.9 Å². The Kier molecular flexibility index (Phi) is 9.07. The van der Waals surface area contributed by atoms with Gasteiger partial charge in [0.05, 0.1) is 6.61 Å². The van der Waals surface area contributed by atoms with Crippen molar-refractivity contribution in [1.82, 2.24) is 5.32 Å². The lowest BCUT2D eigenvalue weighted by Crippen LogP contribution is -2.51. The first kappa shape index (κ1) is 20.7. The number of carbonyl (C=O) groups is 1. The maximum Gasteiger partial charge on any atom is 0.256 e. The zero-order valence-corrected chi connectivity index (χ0v) is 15.1. The van der Waals surface area contributed by atoms with Crippen LogP contribution in [0.4, 0.5) is 5.69 Å². The van der Waals surface area contributed by atoms with E-state index in [1.54, 1.807) is 14.2 Å². The summed E-state index contributed by atoms with van der Waals surface area (Å²) in [6, 6.07) is 7.42. The van der Waals surface area contributed by atoms with Crippen LogP contribution in [0.1, 0.15) is 19.3 Å². The molecule has 0 atom stereocenters. The Bertz CT molecular complexity index is 507. The van der Waals surface area contributed by atoms with E-state index in [1.165, 1.54) is 0 Å². The van der Waals surface area contributed by atoms with E-state index in [9.17, 15) is 4.79 Å². The van der Waals surface area contributed by atoms with Crippen molar-refractivity contribution in [3.05, 3.63) is 24.3 Å². The monoisotopic (exact) mass is 358 g/mol. The molecule has 1 fully saturated rings. The van der Waals surface area contributed by atoms with Crippen molar-refractivity contribution in [2.75, 3.05) is 45.8 Å². The van der Waals surface area contributed by atoms with Gasteiger partial charge in [0.25, 0.3) is 5.91 Å². The van der Waals surface area contributed by atoms with E-state index in [0.29, 0.717) is 31.7 Å². The Morgan fingerprint density at radius 1 is 1.25 bits per heavy atom. The van der Waals surface area contributed by atoms with Gasteiger partial charge in [0.1, 0.15) is 11.4 Å². The van der Waals surface area contributed by atoms with Crippen molar-refractivity contribution in [3.8, 4) is 5.75 Å². The summed E-state index contributed by atoms with van der Waals surface area (Å²) in [5.74, 6) is 0.633. The minimum atomic E-state index is -0.749. The maximum absolute atomic E-state index is 12.6. The van der Waals surface area contributed by atoms with Crippen LogP contribution in [-0.2, 0) is 14.3 Å². The number of benzene rings is 1. The van der Waals surface area contributed by atoms with Crippen molar-refractivity contribution in [2.24, 2.45) is 0 Å². The molecule has 0 aliphatic carbocycles. The lowest BCUT2D eigenvalue weighted by Gasteiger charge is -2.34. The fraction of sp³-hybridized carbons (Fsp3) is 0.588. The first-order valence-corrected chi connectivity index (χ1v) is 7.99. The van der Waals surface area contributed by atoms with E-state index in [4.69, 9.17) is 14.2 Å². The topological polar surface area (TPSA) is 68.8 Å². The Morgan fingerprint density at radius 2 is 2.00 bits per heavy atom. The summed E-state index contributed by atoms with van der Waals surface area (Å²) in [4.78, 5) is 12.6. The quantitative estimate of drug-likeness (QED) is 0.697. The highest BCUT2D eigenvalue weighted by Crippen LogP contribution is 2.25. The molecule has 1 saturated heterocycles. The van der Waals surface area contributed by atoms with Crippen LogP contribution in [0.5, 0.6) is 5.75 Å². The zero-order valence-electron chi connectivity index (χ0n) is 14.3. The van der Waals surface area contributed by atoms with Crippen LogP contribution in [0.3, 0.4) is 0 Å². The summed E-state index contributed by atoms with van der Waals surface area (Å²) in [7, 11) is 3.27. The molecule has 1 aromatic carbocycles. The SMILES string of the molecule is COCCCOc1cccc(NC(=O)C2(OC)CCNCC2)c1.Cl. The Balaban J connectivity index is 0.00000288. The first-order valence-electron chi connectivity index (χ1n) is 7.99. The number of ether oxygens (including phenoxy) is 3. The van der Waals surface area contributed by atoms with Crippen LogP contribution < -0.4 is 15.4 Å². The molecule has 1 aliphatic rings. The van der Waals surface area contributed by atoms with Crippen LogP contribution >= 0.6 is 12.4 Å². The molecule has 0 bridgehead atoms. The van der Waals surface area contributed by atoms with Gasteiger partial charge in [-0.05, 0) is 38.1 Å². The third-order valence-corrected chi connectivity index (χ3v) is 4.07. The molecular weight excluding hydrogens is 332 g/mol. The molecule has 1 aromatic rings. The number of rotatable bonds is 8. The fourth-order valence-corrected chi connectivity index (χ4v) is 2.66. The molecule has 0 unspecified atom stereocenters. The van der Waals surface area contributed by atoms with Gasteiger partial charge >= 0.3 is 0 Å². The number of amides is 1. The third kappa shape index (κ3) is 5.63. The minimum Gasteiger partial charge on any atom is -0.493 e. The molecule has 1 aliphatic heterocycles. The van der Waals surface area contributed by atoms with Gasteiger partial charge in [0.2, 0.25) is 0 Å². The molecule has 2 N–H and O–H groups in total. The predicted octanol–water partition coefficient (Wildman–Crippen LogP) is 2.23. The van der Waals surface area contributed by atoms with Gasteiger partial charge in [-0.3, -0.25) is 4.79 Å². The van der Waals surface area contributed by atoms with E-state index in [2.05, 4.69) is 10.6 Å². The summed E-state index contributed by atoms with van der Waals surface area (Å²) in [6.45, 7) is 2.81. The largest absolute Gasteiger partial charge is 0.493 e. The van der Waals surface area contributed by atoms with E-state index < -0.39 is 5.60 Å². The van der Waals surface area contributed by atoms with E-state index in [1.807, 2.05) is 24.3 Å². The number of hydrogen-bond acceptors (Lipinski definition) is 5. The normalized spacial score (nSPS) is 16.1. The van der Waals surface area contributed by atoms with Gasteiger partial charge < -0.3 is 24.8 Å². The number of halogens is 1. The highest BCUT2D eigenvalue weighted by Gasteiger charge is 2.39. The van der Waals surface area contributed by atoms with Gasteiger partial charge in [0.15, 0.2) is 0 Å². The molecule has 1 heterocycles. The molecule has 0 aromatic heterocycles. The summed E-state index contributed by atoms with van der Waals surface area (Å²) in [6.07, 6.45) is 2.16. The number of methoxy groups -OCH3 is 2. The second-order valence-electron chi connectivity index (χ2n) is 5.63. The van der Waals surface area contributed by atoms with E-state index in [-0.39, 0.29) is 18.3 Å². The van der Waals surface area contributed by atoms with Gasteiger partial charge in [-0.1, -0.05) is 6.07 Å². The Morgan fingerprint density at radius 3 is 2.67 bits per heavy atom.